The quantitative estimate of drug-likeness (QED) is 0.809. The minimum Gasteiger partial charge on any atom is -0.462 e. The van der Waals surface area contributed by atoms with Crippen molar-refractivity contribution in [2.45, 2.75) is 13.3 Å². The number of nitrogen functional groups attached to an aromatic ring is 1. The molecule has 2 aromatic rings. The van der Waals surface area contributed by atoms with Gasteiger partial charge in [-0.1, -0.05) is 11.6 Å². The summed E-state index contributed by atoms with van der Waals surface area (Å²) in [5.41, 5.74) is 6.23. The molecule has 1 aliphatic heterocycles. The molecule has 2 aromatic heterocycles. The lowest BCUT2D eigenvalue weighted by Crippen LogP contribution is -2.31. The number of hydrogen-bond donors (Lipinski definition) is 1. The van der Waals surface area contributed by atoms with E-state index in [1.807, 2.05) is 6.07 Å². The highest BCUT2D eigenvalue weighted by molar-refractivity contribution is 6.35. The van der Waals surface area contributed by atoms with E-state index in [0.717, 1.165) is 38.4 Å². The van der Waals surface area contributed by atoms with E-state index in [1.165, 1.54) is 6.33 Å². The molecule has 3 rings (SSSR count). The van der Waals surface area contributed by atoms with Crippen molar-refractivity contribution in [2.24, 2.45) is 0 Å². The third kappa shape index (κ3) is 3.96. The number of nitrogens with two attached hydrogens (primary N) is 1. The molecule has 26 heavy (non-hydrogen) atoms. The number of carbonyl (C=O) groups excluding carboxylic acids is 1. The smallest absolute Gasteiger partial charge is 0.339 e. The molecule has 138 valence electrons. The van der Waals surface area contributed by atoms with E-state index in [-0.39, 0.29) is 11.8 Å². The predicted octanol–water partition coefficient (Wildman–Crippen LogP) is 2.00. The van der Waals surface area contributed by atoms with Gasteiger partial charge in [-0.2, -0.15) is 0 Å². The molecular formula is C17H21ClN6O2. The van der Waals surface area contributed by atoms with Crippen molar-refractivity contribution < 1.29 is 9.53 Å². The number of pyridine rings is 1. The topological polar surface area (TPSA) is 97.5 Å². The van der Waals surface area contributed by atoms with Crippen LogP contribution in [-0.2, 0) is 4.74 Å². The van der Waals surface area contributed by atoms with Crippen LogP contribution in [0.25, 0.3) is 0 Å². The Labute approximate surface area is 156 Å². The zero-order chi connectivity index (χ0) is 18.5. The van der Waals surface area contributed by atoms with Crippen molar-refractivity contribution in [2.75, 3.05) is 48.3 Å². The van der Waals surface area contributed by atoms with Gasteiger partial charge in [0.2, 0.25) is 0 Å². The standard InChI is InChI=1S/C17H21ClN6O2/c1-2-26-17(25)12-4-5-13(20-10-12)23-6-3-7-24(9-8-23)16-14(18)15(19)21-11-22-16/h4-5,10-11H,2-3,6-9H2,1H3,(H2,19,21,22). The monoisotopic (exact) mass is 376 g/mol. The Balaban J connectivity index is 1.69. The van der Waals surface area contributed by atoms with E-state index in [9.17, 15) is 4.79 Å². The molecule has 0 aromatic carbocycles. The fraction of sp³-hybridized carbons (Fsp3) is 0.412. The maximum Gasteiger partial charge on any atom is 0.339 e. The molecule has 0 amide bonds. The third-order valence-electron chi connectivity index (χ3n) is 4.18. The van der Waals surface area contributed by atoms with Crippen LogP contribution in [-0.4, -0.2) is 53.7 Å². The molecule has 1 saturated heterocycles. The molecule has 2 N–H and O–H groups in total. The SMILES string of the molecule is CCOC(=O)c1ccc(N2CCCN(c3ncnc(N)c3Cl)CC2)nc1. The Morgan fingerprint density at radius 1 is 1.19 bits per heavy atom. The molecule has 0 unspecified atom stereocenters. The highest BCUT2D eigenvalue weighted by Crippen LogP contribution is 2.28. The van der Waals surface area contributed by atoms with Crippen molar-refractivity contribution >= 4 is 35.0 Å². The molecule has 8 nitrogen and oxygen atoms in total. The van der Waals surface area contributed by atoms with Crippen LogP contribution in [0, 0.1) is 0 Å². The Morgan fingerprint density at radius 2 is 1.96 bits per heavy atom. The van der Waals surface area contributed by atoms with Gasteiger partial charge in [0.25, 0.3) is 0 Å². The number of nitrogens with zero attached hydrogens (tertiary/aromatic N) is 5. The van der Waals surface area contributed by atoms with Crippen molar-refractivity contribution in [3.05, 3.63) is 35.2 Å². The molecule has 0 saturated carbocycles. The maximum absolute atomic E-state index is 11.7. The minimum atomic E-state index is -0.357. The summed E-state index contributed by atoms with van der Waals surface area (Å²) in [6.45, 7) is 5.27. The number of anilines is 3. The fourth-order valence-corrected chi connectivity index (χ4v) is 3.08. The first-order valence-electron chi connectivity index (χ1n) is 8.49. The second-order valence-electron chi connectivity index (χ2n) is 5.85. The summed E-state index contributed by atoms with van der Waals surface area (Å²) < 4.78 is 4.98. The van der Waals surface area contributed by atoms with Crippen LogP contribution in [0.15, 0.2) is 24.7 Å². The summed E-state index contributed by atoms with van der Waals surface area (Å²) in [5.74, 6) is 1.42. The van der Waals surface area contributed by atoms with Gasteiger partial charge in [-0.15, -0.1) is 0 Å². The first kappa shape index (κ1) is 18.2. The Kier molecular flexibility index (Phi) is 5.72. The number of carbonyl (C=O) groups is 1. The summed E-state index contributed by atoms with van der Waals surface area (Å²) in [5, 5.41) is 0.387. The zero-order valence-electron chi connectivity index (χ0n) is 14.6. The number of halogens is 1. The van der Waals surface area contributed by atoms with Crippen LogP contribution in [0.3, 0.4) is 0 Å². The van der Waals surface area contributed by atoms with Crippen molar-refractivity contribution in [3.63, 3.8) is 0 Å². The number of rotatable bonds is 4. The summed E-state index contributed by atoms with van der Waals surface area (Å²) in [6, 6.07) is 3.59. The van der Waals surface area contributed by atoms with Crippen LogP contribution in [0.5, 0.6) is 0 Å². The maximum atomic E-state index is 11.7. The second kappa shape index (κ2) is 8.18. The molecule has 0 aliphatic carbocycles. The third-order valence-corrected chi connectivity index (χ3v) is 4.54. The Hall–Kier alpha value is -2.61. The van der Waals surface area contributed by atoms with E-state index in [1.54, 1.807) is 19.2 Å². The molecular weight excluding hydrogens is 356 g/mol. The summed E-state index contributed by atoms with van der Waals surface area (Å²) >= 11 is 6.24. The average Bonchev–Trinajstić information content (AvgIpc) is 2.90. The molecule has 1 fully saturated rings. The lowest BCUT2D eigenvalue weighted by molar-refractivity contribution is 0.0526. The second-order valence-corrected chi connectivity index (χ2v) is 6.23. The van der Waals surface area contributed by atoms with Gasteiger partial charge in [-0.25, -0.2) is 19.7 Å². The van der Waals surface area contributed by atoms with Crippen LogP contribution >= 0.6 is 11.6 Å². The largest absolute Gasteiger partial charge is 0.462 e. The molecule has 1 aliphatic rings. The van der Waals surface area contributed by atoms with Gasteiger partial charge in [0.05, 0.1) is 12.2 Å². The molecule has 0 radical (unpaired) electrons. The van der Waals surface area contributed by atoms with Crippen LogP contribution in [0.4, 0.5) is 17.5 Å². The van der Waals surface area contributed by atoms with Crippen LogP contribution in [0.2, 0.25) is 5.02 Å². The summed E-state index contributed by atoms with van der Waals surface area (Å²) in [4.78, 5) is 28.6. The fourth-order valence-electron chi connectivity index (χ4n) is 2.86. The van der Waals surface area contributed by atoms with E-state index >= 15 is 0 Å². The summed E-state index contributed by atoms with van der Waals surface area (Å²) in [6.07, 6.45) is 3.90. The normalized spacial score (nSPS) is 14.8. The van der Waals surface area contributed by atoms with Gasteiger partial charge < -0.3 is 20.3 Å². The Bertz CT molecular complexity index is 770. The zero-order valence-corrected chi connectivity index (χ0v) is 15.3. The minimum absolute atomic E-state index is 0.286. The average molecular weight is 377 g/mol. The molecule has 0 bridgehead atoms. The van der Waals surface area contributed by atoms with E-state index in [0.29, 0.717) is 23.0 Å². The number of ether oxygens (including phenoxy) is 1. The molecule has 0 spiro atoms. The van der Waals surface area contributed by atoms with Gasteiger partial charge in [-0.05, 0) is 25.5 Å². The molecule has 3 heterocycles. The Morgan fingerprint density at radius 3 is 2.69 bits per heavy atom. The van der Waals surface area contributed by atoms with Gasteiger partial charge >= 0.3 is 5.97 Å². The molecule has 9 heteroatoms. The summed E-state index contributed by atoms with van der Waals surface area (Å²) in [7, 11) is 0. The van der Waals surface area contributed by atoms with Crippen LogP contribution < -0.4 is 15.5 Å². The van der Waals surface area contributed by atoms with Gasteiger partial charge in [0.15, 0.2) is 5.82 Å². The number of hydrogen-bond acceptors (Lipinski definition) is 8. The lowest BCUT2D eigenvalue weighted by Gasteiger charge is -2.24. The van der Waals surface area contributed by atoms with Crippen LogP contribution in [0.1, 0.15) is 23.7 Å². The highest BCUT2D eigenvalue weighted by Gasteiger charge is 2.20. The highest BCUT2D eigenvalue weighted by atomic mass is 35.5. The number of esters is 1. The van der Waals surface area contributed by atoms with Gasteiger partial charge in [0, 0.05) is 32.4 Å². The molecule has 0 atom stereocenters. The first-order valence-corrected chi connectivity index (χ1v) is 8.87. The lowest BCUT2D eigenvalue weighted by atomic mass is 10.2. The van der Waals surface area contributed by atoms with Gasteiger partial charge in [-0.3, -0.25) is 0 Å². The van der Waals surface area contributed by atoms with Gasteiger partial charge in [0.1, 0.15) is 23.0 Å². The number of aromatic nitrogens is 3. The first-order chi connectivity index (χ1) is 12.6. The van der Waals surface area contributed by atoms with E-state index in [2.05, 4.69) is 24.8 Å². The van der Waals surface area contributed by atoms with Crippen molar-refractivity contribution in [1.29, 1.82) is 0 Å². The van der Waals surface area contributed by atoms with E-state index < -0.39 is 0 Å². The van der Waals surface area contributed by atoms with E-state index in [4.69, 9.17) is 22.1 Å². The van der Waals surface area contributed by atoms with Crippen molar-refractivity contribution in [3.8, 4) is 0 Å². The predicted molar refractivity (Wildman–Crippen MR) is 101 cm³/mol. The van der Waals surface area contributed by atoms with Crippen molar-refractivity contribution in [1.82, 2.24) is 15.0 Å².